The third-order valence-corrected chi connectivity index (χ3v) is 4.72. The molecule has 0 atom stereocenters. The number of carbonyl (C=O) groups is 1. The third kappa shape index (κ3) is 4.86. The molecular formula is C20H24F4N6O. The molecule has 1 aromatic carbocycles. The van der Waals surface area contributed by atoms with E-state index in [1.54, 1.807) is 6.92 Å². The quantitative estimate of drug-likeness (QED) is 0.445. The van der Waals surface area contributed by atoms with Gasteiger partial charge in [-0.3, -0.25) is 9.20 Å². The average Bonchev–Trinajstić information content (AvgIpc) is 3.04. The van der Waals surface area contributed by atoms with E-state index < -0.39 is 23.0 Å². The van der Waals surface area contributed by atoms with Gasteiger partial charge in [-0.1, -0.05) is 20.8 Å². The first-order chi connectivity index (χ1) is 14.4. The number of benzene rings is 1. The fourth-order valence-corrected chi connectivity index (χ4v) is 3.10. The number of halogens is 4. The monoisotopic (exact) mass is 440 g/mol. The predicted molar refractivity (Wildman–Crippen MR) is 108 cm³/mol. The molecule has 11 heteroatoms. The minimum Gasteiger partial charge on any atom is -0.367 e. The summed E-state index contributed by atoms with van der Waals surface area (Å²) < 4.78 is 55.8. The van der Waals surface area contributed by atoms with Crippen molar-refractivity contribution in [3.05, 3.63) is 29.3 Å². The number of nitrogens with one attached hydrogen (secondary N) is 2. The Bertz CT molecular complexity index is 1120. The van der Waals surface area contributed by atoms with Crippen molar-refractivity contribution in [1.29, 1.82) is 0 Å². The number of aryl methyl sites for hydroxylation is 1. The van der Waals surface area contributed by atoms with Crippen LogP contribution in [0.3, 0.4) is 0 Å². The van der Waals surface area contributed by atoms with Gasteiger partial charge in [0, 0.05) is 24.6 Å². The van der Waals surface area contributed by atoms with Gasteiger partial charge in [0.05, 0.1) is 11.1 Å². The molecule has 2 N–H and O–H groups in total. The van der Waals surface area contributed by atoms with Crippen molar-refractivity contribution < 1.29 is 22.4 Å². The Morgan fingerprint density at radius 2 is 1.77 bits per heavy atom. The third-order valence-electron chi connectivity index (χ3n) is 4.72. The SMILES string of the molecule is Cc1nnc2c(NCCCCNC(=O)C(C)(C)C)nc3c(C(F)(F)F)cc(F)cc3n12. The molecule has 0 aliphatic carbocycles. The summed E-state index contributed by atoms with van der Waals surface area (Å²) in [5.41, 5.74) is -1.86. The Morgan fingerprint density at radius 3 is 2.42 bits per heavy atom. The van der Waals surface area contributed by atoms with E-state index in [0.29, 0.717) is 37.8 Å². The zero-order valence-corrected chi connectivity index (χ0v) is 17.7. The minimum atomic E-state index is -4.77. The van der Waals surface area contributed by atoms with Crippen LogP contribution in [0.2, 0.25) is 0 Å². The molecule has 0 fully saturated rings. The summed E-state index contributed by atoms with van der Waals surface area (Å²) in [5.74, 6) is -0.628. The standard InChI is InChI=1S/C20H24F4N6O/c1-11-28-29-17-16(25-7-5-6-8-26-18(31)19(2,3)4)27-15-13(20(22,23)24)9-12(21)10-14(15)30(11)17/h9-10H,5-8H2,1-4H3,(H,25,27)(H,26,31). The normalized spacial score (nSPS) is 12.5. The predicted octanol–water partition coefficient (Wildman–Crippen LogP) is 4.10. The largest absolute Gasteiger partial charge is 0.418 e. The van der Waals surface area contributed by atoms with Crippen molar-refractivity contribution in [2.24, 2.45) is 5.41 Å². The van der Waals surface area contributed by atoms with Crippen LogP contribution < -0.4 is 10.6 Å². The van der Waals surface area contributed by atoms with Crippen LogP contribution in [-0.2, 0) is 11.0 Å². The van der Waals surface area contributed by atoms with E-state index in [9.17, 15) is 22.4 Å². The van der Waals surface area contributed by atoms with Crippen molar-refractivity contribution in [1.82, 2.24) is 24.9 Å². The lowest BCUT2D eigenvalue weighted by molar-refractivity contribution is -0.136. The highest BCUT2D eigenvalue weighted by atomic mass is 19.4. The Balaban J connectivity index is 1.82. The van der Waals surface area contributed by atoms with Crippen molar-refractivity contribution in [3.63, 3.8) is 0 Å². The molecule has 3 aromatic rings. The van der Waals surface area contributed by atoms with Gasteiger partial charge in [0.2, 0.25) is 11.6 Å². The van der Waals surface area contributed by atoms with Crippen molar-refractivity contribution in [2.45, 2.75) is 46.7 Å². The van der Waals surface area contributed by atoms with E-state index >= 15 is 0 Å². The van der Waals surface area contributed by atoms with Crippen LogP contribution >= 0.6 is 0 Å². The molecule has 0 unspecified atom stereocenters. The number of anilines is 1. The molecule has 31 heavy (non-hydrogen) atoms. The molecule has 2 aromatic heterocycles. The van der Waals surface area contributed by atoms with Crippen LogP contribution in [0.4, 0.5) is 23.4 Å². The van der Waals surface area contributed by atoms with Crippen molar-refractivity contribution in [3.8, 4) is 0 Å². The molecule has 0 radical (unpaired) electrons. The van der Waals surface area contributed by atoms with E-state index in [1.807, 2.05) is 20.8 Å². The molecular weight excluding hydrogens is 416 g/mol. The molecule has 0 spiro atoms. The fraction of sp³-hybridized carbons (Fsp3) is 0.500. The summed E-state index contributed by atoms with van der Waals surface area (Å²) in [6.45, 7) is 7.92. The molecule has 0 bridgehead atoms. The Kier molecular flexibility index (Phi) is 6.06. The van der Waals surface area contributed by atoms with Gasteiger partial charge in [-0.15, -0.1) is 10.2 Å². The number of hydrogen-bond donors (Lipinski definition) is 2. The zero-order chi connectivity index (χ0) is 23.0. The molecule has 168 valence electrons. The minimum absolute atomic E-state index is 0.0517. The second-order valence-corrected chi connectivity index (χ2v) is 8.33. The zero-order valence-electron chi connectivity index (χ0n) is 17.7. The van der Waals surface area contributed by atoms with Gasteiger partial charge in [0.1, 0.15) is 17.2 Å². The highest BCUT2D eigenvalue weighted by Crippen LogP contribution is 2.36. The van der Waals surface area contributed by atoms with Crippen LogP contribution in [0.15, 0.2) is 12.1 Å². The number of aromatic nitrogens is 4. The van der Waals surface area contributed by atoms with Crippen LogP contribution in [0.25, 0.3) is 16.7 Å². The van der Waals surface area contributed by atoms with Crippen molar-refractivity contribution >= 4 is 28.4 Å². The molecule has 0 aliphatic heterocycles. The summed E-state index contributed by atoms with van der Waals surface area (Å²) in [5, 5.41) is 13.7. The van der Waals surface area contributed by atoms with Gasteiger partial charge in [0.25, 0.3) is 0 Å². The molecule has 1 amide bonds. The van der Waals surface area contributed by atoms with Gasteiger partial charge in [0.15, 0.2) is 5.82 Å². The van der Waals surface area contributed by atoms with Crippen LogP contribution in [0.5, 0.6) is 0 Å². The van der Waals surface area contributed by atoms with E-state index in [-0.39, 0.29) is 28.4 Å². The molecule has 7 nitrogen and oxygen atoms in total. The Morgan fingerprint density at radius 1 is 1.10 bits per heavy atom. The van der Waals surface area contributed by atoms with Crippen LogP contribution in [0.1, 0.15) is 45.0 Å². The van der Waals surface area contributed by atoms with Crippen molar-refractivity contribution in [2.75, 3.05) is 18.4 Å². The lowest BCUT2D eigenvalue weighted by Crippen LogP contribution is -2.35. The lowest BCUT2D eigenvalue weighted by atomic mass is 9.96. The second kappa shape index (κ2) is 8.27. The van der Waals surface area contributed by atoms with Gasteiger partial charge in [-0.25, -0.2) is 9.37 Å². The number of amides is 1. The maximum atomic E-state index is 13.9. The van der Waals surface area contributed by atoms with Gasteiger partial charge >= 0.3 is 6.18 Å². The lowest BCUT2D eigenvalue weighted by Gasteiger charge is -2.17. The topological polar surface area (TPSA) is 84.2 Å². The number of fused-ring (bicyclic) bond motifs is 3. The summed E-state index contributed by atoms with van der Waals surface area (Å²) in [6.07, 6.45) is -3.46. The maximum absolute atomic E-state index is 13.9. The molecule has 0 aliphatic rings. The van der Waals surface area contributed by atoms with Crippen LogP contribution in [0, 0.1) is 18.2 Å². The van der Waals surface area contributed by atoms with E-state index in [1.165, 1.54) is 4.40 Å². The van der Waals surface area contributed by atoms with Gasteiger partial charge < -0.3 is 10.6 Å². The first-order valence-corrected chi connectivity index (χ1v) is 9.84. The number of carbonyl (C=O) groups excluding carboxylic acids is 1. The maximum Gasteiger partial charge on any atom is 0.418 e. The summed E-state index contributed by atoms with van der Waals surface area (Å²) in [7, 11) is 0. The molecule has 2 heterocycles. The molecule has 0 saturated heterocycles. The number of alkyl halides is 3. The highest BCUT2D eigenvalue weighted by Gasteiger charge is 2.35. The number of unbranched alkanes of at least 4 members (excludes halogenated alkanes) is 1. The summed E-state index contributed by atoms with van der Waals surface area (Å²) in [6, 6.07) is 1.42. The number of rotatable bonds is 6. The summed E-state index contributed by atoms with van der Waals surface area (Å²) >= 11 is 0. The Hall–Kier alpha value is -2.98. The smallest absolute Gasteiger partial charge is 0.367 e. The van der Waals surface area contributed by atoms with E-state index in [4.69, 9.17) is 0 Å². The van der Waals surface area contributed by atoms with E-state index in [0.717, 1.165) is 6.07 Å². The van der Waals surface area contributed by atoms with E-state index in [2.05, 4.69) is 25.8 Å². The van der Waals surface area contributed by atoms with Gasteiger partial charge in [-0.2, -0.15) is 13.2 Å². The van der Waals surface area contributed by atoms with Gasteiger partial charge in [-0.05, 0) is 25.8 Å². The molecule has 0 saturated carbocycles. The second-order valence-electron chi connectivity index (χ2n) is 8.33. The fourth-order valence-electron chi connectivity index (χ4n) is 3.10. The van der Waals surface area contributed by atoms with Crippen LogP contribution in [-0.4, -0.2) is 38.6 Å². The number of nitrogens with zero attached hydrogens (tertiary/aromatic N) is 4. The average molecular weight is 440 g/mol. The first kappa shape index (κ1) is 22.7. The highest BCUT2D eigenvalue weighted by molar-refractivity contribution is 5.86. The first-order valence-electron chi connectivity index (χ1n) is 9.84. The Labute approximate surface area is 176 Å². The summed E-state index contributed by atoms with van der Waals surface area (Å²) in [4.78, 5) is 16.0. The molecule has 3 rings (SSSR count). The number of hydrogen-bond acceptors (Lipinski definition) is 5.